The summed E-state index contributed by atoms with van der Waals surface area (Å²) >= 11 is 0. The van der Waals surface area contributed by atoms with Crippen LogP contribution in [0.3, 0.4) is 0 Å². The number of benzene rings is 4. The summed E-state index contributed by atoms with van der Waals surface area (Å²) in [7, 11) is -19.9. The van der Waals surface area contributed by atoms with Gasteiger partial charge in [-0.15, -0.1) is 0 Å². The number of hydrogen-bond acceptors (Lipinski definition) is 9. The summed E-state index contributed by atoms with van der Waals surface area (Å²) in [5.41, 5.74) is 2.77. The maximum Gasteiger partial charge on any atom is 0.256 e. The quantitative estimate of drug-likeness (QED) is 0.153. The Morgan fingerprint density at radius 3 is 1.08 bits per heavy atom. The molecule has 0 aliphatic carbocycles. The molecule has 0 amide bonds. The zero-order valence-corrected chi connectivity index (χ0v) is 30.6. The van der Waals surface area contributed by atoms with Crippen molar-refractivity contribution < 1.29 is 33.7 Å². The standard InChI is InChI=1S/C34H37N3O8S4/c1-26-8-16-31(17-9-26)46(38,39)36(47(40,41)32-18-10-27(2)11-19-32)25-30(7-5-6-24-35)37(48(42,43)33-20-12-28(3)13-21-33)49(44,45)34-22-14-29(4)15-23-34/h8-23,30H,5-7,25H2,1-4H3. The molecule has 1 atom stereocenters. The fourth-order valence-electron chi connectivity index (χ4n) is 4.98. The van der Waals surface area contributed by atoms with Crippen molar-refractivity contribution in [3.63, 3.8) is 0 Å². The monoisotopic (exact) mass is 743 g/mol. The highest BCUT2D eigenvalue weighted by Gasteiger charge is 2.46. The van der Waals surface area contributed by atoms with Gasteiger partial charge < -0.3 is 0 Å². The molecule has 0 saturated carbocycles. The van der Waals surface area contributed by atoms with E-state index in [1.165, 1.54) is 97.1 Å². The summed E-state index contributed by atoms with van der Waals surface area (Å²) in [4.78, 5) is -1.63. The van der Waals surface area contributed by atoms with Crippen molar-refractivity contribution in [1.82, 2.24) is 7.42 Å². The van der Waals surface area contributed by atoms with Crippen LogP contribution in [0.1, 0.15) is 41.5 Å². The van der Waals surface area contributed by atoms with Gasteiger partial charge in [0.05, 0.1) is 31.7 Å². The average Bonchev–Trinajstić information content (AvgIpc) is 3.04. The van der Waals surface area contributed by atoms with Crippen LogP contribution >= 0.6 is 0 Å². The molecule has 0 aliphatic rings. The van der Waals surface area contributed by atoms with Gasteiger partial charge in [-0.3, -0.25) is 0 Å². The fraction of sp³-hybridized carbons (Fsp3) is 0.265. The lowest BCUT2D eigenvalue weighted by Crippen LogP contribution is -2.52. The minimum atomic E-state index is -5.00. The number of sulfonamides is 4. The first kappa shape index (κ1) is 37.9. The maximum absolute atomic E-state index is 14.5. The Hall–Kier alpha value is -3.91. The van der Waals surface area contributed by atoms with E-state index in [9.17, 15) is 38.9 Å². The summed E-state index contributed by atoms with van der Waals surface area (Å²) in [6.07, 6.45) is -0.602. The normalized spacial score (nSPS) is 13.3. The van der Waals surface area contributed by atoms with Gasteiger partial charge in [0.25, 0.3) is 40.1 Å². The molecule has 0 N–H and O–H groups in total. The van der Waals surface area contributed by atoms with E-state index in [1.807, 2.05) is 6.07 Å². The molecule has 0 bridgehead atoms. The predicted molar refractivity (Wildman–Crippen MR) is 185 cm³/mol. The smallest absolute Gasteiger partial charge is 0.206 e. The molecule has 0 aliphatic heterocycles. The largest absolute Gasteiger partial charge is 0.256 e. The molecule has 0 spiro atoms. The Kier molecular flexibility index (Phi) is 11.5. The summed E-state index contributed by atoms with van der Waals surface area (Å²) in [6, 6.07) is 21.7. The third-order valence-electron chi connectivity index (χ3n) is 7.77. The minimum Gasteiger partial charge on any atom is -0.206 e. The average molecular weight is 744 g/mol. The zero-order valence-electron chi connectivity index (χ0n) is 27.4. The Bertz CT molecular complexity index is 2120. The van der Waals surface area contributed by atoms with Gasteiger partial charge in [-0.05, 0) is 89.1 Å². The molecule has 0 saturated heterocycles. The molecule has 0 heterocycles. The number of nitriles is 1. The van der Waals surface area contributed by atoms with Crippen molar-refractivity contribution in [3.05, 3.63) is 119 Å². The number of nitrogens with zero attached hydrogens (tertiary/aromatic N) is 3. The molecule has 4 aromatic rings. The first-order chi connectivity index (χ1) is 22.9. The van der Waals surface area contributed by atoms with E-state index >= 15 is 0 Å². The molecule has 0 aromatic heterocycles. The number of unbranched alkanes of at least 4 members (excludes halogenated alkanes) is 1. The van der Waals surface area contributed by atoms with Gasteiger partial charge in [0.15, 0.2) is 0 Å². The van der Waals surface area contributed by atoms with E-state index in [4.69, 9.17) is 0 Å². The fourth-order valence-corrected chi connectivity index (χ4v) is 12.8. The highest BCUT2D eigenvalue weighted by molar-refractivity contribution is 8.04. The Balaban J connectivity index is 2.02. The van der Waals surface area contributed by atoms with E-state index in [1.54, 1.807) is 27.7 Å². The number of aryl methyl sites for hydroxylation is 4. The molecule has 4 aromatic carbocycles. The lowest BCUT2D eigenvalue weighted by atomic mass is 10.1. The van der Waals surface area contributed by atoms with Crippen molar-refractivity contribution in [3.8, 4) is 6.07 Å². The van der Waals surface area contributed by atoms with Crippen LogP contribution in [-0.2, 0) is 40.1 Å². The highest BCUT2D eigenvalue weighted by atomic mass is 32.3. The van der Waals surface area contributed by atoms with Crippen LogP contribution in [-0.4, -0.2) is 53.7 Å². The zero-order chi connectivity index (χ0) is 36.2. The van der Waals surface area contributed by atoms with Crippen LogP contribution < -0.4 is 0 Å². The van der Waals surface area contributed by atoms with Crippen LogP contribution in [0.15, 0.2) is 117 Å². The number of rotatable bonds is 14. The SMILES string of the molecule is Cc1ccc(S(=O)(=O)N(CC(CCCC#N)N(S(=O)(=O)c2ccc(C)cc2)S(=O)(=O)c2ccc(C)cc2)S(=O)(=O)c2ccc(C)cc2)cc1. The molecule has 260 valence electrons. The van der Waals surface area contributed by atoms with Crippen molar-refractivity contribution in [2.24, 2.45) is 0 Å². The van der Waals surface area contributed by atoms with E-state index < -0.39 is 72.3 Å². The van der Waals surface area contributed by atoms with Crippen LogP contribution in [0, 0.1) is 39.0 Å². The Labute approximate surface area is 289 Å². The second-order valence-corrected chi connectivity index (χ2v) is 19.5. The highest BCUT2D eigenvalue weighted by Crippen LogP contribution is 2.33. The third-order valence-corrected chi connectivity index (χ3v) is 16.5. The van der Waals surface area contributed by atoms with Crippen molar-refractivity contribution in [2.75, 3.05) is 6.54 Å². The third kappa shape index (κ3) is 8.29. The van der Waals surface area contributed by atoms with E-state index in [0.29, 0.717) is 22.3 Å². The summed E-state index contributed by atoms with van der Waals surface area (Å²) in [5, 5.41) is 9.33. The Morgan fingerprint density at radius 1 is 0.510 bits per heavy atom. The number of hydrogen-bond donors (Lipinski definition) is 0. The molecule has 49 heavy (non-hydrogen) atoms. The molecule has 4 rings (SSSR count). The summed E-state index contributed by atoms with van der Waals surface area (Å²) < 4.78 is 115. The van der Waals surface area contributed by atoms with Gasteiger partial charge in [-0.25, -0.2) is 33.7 Å². The van der Waals surface area contributed by atoms with Gasteiger partial charge in [-0.1, -0.05) is 78.2 Å². The molecule has 1 unspecified atom stereocenters. The predicted octanol–water partition coefficient (Wildman–Crippen LogP) is 5.44. The first-order valence-corrected chi connectivity index (χ1v) is 20.9. The van der Waals surface area contributed by atoms with Gasteiger partial charge in [-0.2, -0.15) is 5.26 Å². The van der Waals surface area contributed by atoms with E-state index in [2.05, 4.69) is 0 Å². The topological polar surface area (TPSA) is 167 Å². The second-order valence-electron chi connectivity index (χ2n) is 11.7. The Morgan fingerprint density at radius 2 is 0.796 bits per heavy atom. The van der Waals surface area contributed by atoms with Crippen LogP contribution in [0.2, 0.25) is 0 Å². The van der Waals surface area contributed by atoms with Crippen molar-refractivity contribution in [2.45, 2.75) is 72.6 Å². The summed E-state index contributed by atoms with van der Waals surface area (Å²) in [6.45, 7) is 5.74. The molecule has 0 radical (unpaired) electrons. The van der Waals surface area contributed by atoms with Crippen LogP contribution in [0.4, 0.5) is 0 Å². The van der Waals surface area contributed by atoms with Crippen LogP contribution in [0.25, 0.3) is 0 Å². The van der Waals surface area contributed by atoms with Gasteiger partial charge in [0, 0.05) is 13.0 Å². The molecular weight excluding hydrogens is 707 g/mol. The van der Waals surface area contributed by atoms with Crippen molar-refractivity contribution >= 4 is 40.1 Å². The molecule has 0 fully saturated rings. The second kappa shape index (κ2) is 14.9. The van der Waals surface area contributed by atoms with Gasteiger partial charge >= 0.3 is 0 Å². The van der Waals surface area contributed by atoms with Crippen molar-refractivity contribution in [1.29, 1.82) is 5.26 Å². The lowest BCUT2D eigenvalue weighted by Gasteiger charge is -2.33. The minimum absolute atomic E-state index is 0.0759. The molecule has 11 nitrogen and oxygen atoms in total. The summed E-state index contributed by atoms with van der Waals surface area (Å²) in [5.74, 6) is 0. The first-order valence-electron chi connectivity index (χ1n) is 15.1. The maximum atomic E-state index is 14.5. The lowest BCUT2D eigenvalue weighted by molar-refractivity contribution is 0.356. The van der Waals surface area contributed by atoms with Gasteiger partial charge in [0.1, 0.15) is 0 Å². The van der Waals surface area contributed by atoms with E-state index in [-0.39, 0.29) is 26.7 Å². The molecule has 15 heteroatoms. The van der Waals surface area contributed by atoms with Crippen LogP contribution in [0.5, 0.6) is 0 Å². The molecular formula is C34H37N3O8S4. The van der Waals surface area contributed by atoms with E-state index in [0.717, 1.165) is 0 Å². The van der Waals surface area contributed by atoms with Gasteiger partial charge in [0.2, 0.25) is 0 Å².